The molecule has 1 unspecified atom stereocenters. The van der Waals surface area contributed by atoms with Crippen molar-refractivity contribution in [1.29, 1.82) is 0 Å². The van der Waals surface area contributed by atoms with E-state index in [9.17, 15) is 0 Å². The summed E-state index contributed by atoms with van der Waals surface area (Å²) in [4.78, 5) is 0. The maximum atomic E-state index is 5.81. The third-order valence-corrected chi connectivity index (χ3v) is 5.30. The first-order valence-electron chi connectivity index (χ1n) is 8.45. The summed E-state index contributed by atoms with van der Waals surface area (Å²) >= 11 is 0. The normalized spacial score (nSPS) is 20.0. The van der Waals surface area contributed by atoms with Crippen LogP contribution in [0.1, 0.15) is 47.9 Å². The van der Waals surface area contributed by atoms with Crippen LogP contribution in [-0.4, -0.2) is 6.54 Å². The average Bonchev–Trinajstić information content (AvgIpc) is 2.69. The number of nitrogens with two attached hydrogens (primary N) is 1. The maximum Gasteiger partial charge on any atom is -0.00137 e. The SMILES string of the molecule is NCCC1CCC2=C(C1)c1ccccc1Cc1ccccc12. The standard InChI is InChI=1S/C21H23N/c22-12-11-15-9-10-20-18-7-3-1-5-16(18)14-17-6-2-4-8-19(17)21(20)13-15/h1-8,15H,9-14,22H2. The minimum Gasteiger partial charge on any atom is -0.330 e. The van der Waals surface area contributed by atoms with E-state index in [2.05, 4.69) is 48.5 Å². The van der Waals surface area contributed by atoms with Crippen molar-refractivity contribution >= 4 is 11.1 Å². The van der Waals surface area contributed by atoms with Gasteiger partial charge in [0.25, 0.3) is 0 Å². The summed E-state index contributed by atoms with van der Waals surface area (Å²) in [5.41, 5.74) is 14.9. The molecule has 0 aromatic heterocycles. The molecule has 2 aliphatic rings. The Hall–Kier alpha value is -1.86. The zero-order valence-electron chi connectivity index (χ0n) is 13.0. The lowest BCUT2D eigenvalue weighted by Gasteiger charge is -2.28. The fraction of sp³-hybridized carbons (Fsp3) is 0.333. The molecule has 1 nitrogen and oxygen atoms in total. The molecule has 2 aromatic carbocycles. The van der Waals surface area contributed by atoms with Crippen molar-refractivity contribution < 1.29 is 0 Å². The van der Waals surface area contributed by atoms with Gasteiger partial charge >= 0.3 is 0 Å². The molecule has 1 heteroatoms. The second kappa shape index (κ2) is 5.73. The van der Waals surface area contributed by atoms with Gasteiger partial charge in [-0.2, -0.15) is 0 Å². The molecule has 4 rings (SSSR count). The van der Waals surface area contributed by atoms with Crippen LogP contribution in [0.3, 0.4) is 0 Å². The first-order chi connectivity index (χ1) is 10.9. The van der Waals surface area contributed by atoms with Crippen molar-refractivity contribution in [2.75, 3.05) is 6.54 Å². The van der Waals surface area contributed by atoms with Crippen LogP contribution in [0, 0.1) is 5.92 Å². The summed E-state index contributed by atoms with van der Waals surface area (Å²) in [6, 6.07) is 18.0. The van der Waals surface area contributed by atoms with Gasteiger partial charge in [0.1, 0.15) is 0 Å². The molecule has 0 aliphatic heterocycles. The Morgan fingerprint density at radius 1 is 0.864 bits per heavy atom. The van der Waals surface area contributed by atoms with Gasteiger partial charge in [0, 0.05) is 0 Å². The largest absolute Gasteiger partial charge is 0.330 e. The van der Waals surface area contributed by atoms with Crippen LogP contribution in [-0.2, 0) is 6.42 Å². The summed E-state index contributed by atoms with van der Waals surface area (Å²) in [6.45, 7) is 0.811. The maximum absolute atomic E-state index is 5.81. The topological polar surface area (TPSA) is 26.0 Å². The van der Waals surface area contributed by atoms with Crippen molar-refractivity contribution in [3.8, 4) is 0 Å². The molecule has 0 amide bonds. The van der Waals surface area contributed by atoms with E-state index >= 15 is 0 Å². The highest BCUT2D eigenvalue weighted by molar-refractivity contribution is 5.94. The Morgan fingerprint density at radius 3 is 2.18 bits per heavy atom. The Kier molecular flexibility index (Phi) is 3.59. The molecule has 0 spiro atoms. The van der Waals surface area contributed by atoms with Crippen LogP contribution in [0.4, 0.5) is 0 Å². The van der Waals surface area contributed by atoms with Crippen LogP contribution in [0.2, 0.25) is 0 Å². The highest BCUT2D eigenvalue weighted by Gasteiger charge is 2.27. The molecule has 0 radical (unpaired) electrons. The molecule has 22 heavy (non-hydrogen) atoms. The minimum absolute atomic E-state index is 0.752. The Balaban J connectivity index is 1.89. The second-order valence-corrected chi connectivity index (χ2v) is 6.63. The van der Waals surface area contributed by atoms with Crippen LogP contribution in [0.15, 0.2) is 48.5 Å². The molecule has 0 saturated carbocycles. The molecule has 2 N–H and O–H groups in total. The quantitative estimate of drug-likeness (QED) is 0.855. The summed E-state index contributed by atoms with van der Waals surface area (Å²) in [5, 5.41) is 0. The highest BCUT2D eigenvalue weighted by Crippen LogP contribution is 2.45. The number of rotatable bonds is 2. The molecule has 112 valence electrons. The van der Waals surface area contributed by atoms with E-state index in [-0.39, 0.29) is 0 Å². The first kappa shape index (κ1) is 13.8. The van der Waals surface area contributed by atoms with Gasteiger partial charge in [0.2, 0.25) is 0 Å². The van der Waals surface area contributed by atoms with E-state index < -0.39 is 0 Å². The molecule has 0 fully saturated rings. The lowest BCUT2D eigenvalue weighted by atomic mass is 9.77. The molecular formula is C21H23N. The van der Waals surface area contributed by atoms with Crippen molar-refractivity contribution in [3.05, 3.63) is 70.8 Å². The van der Waals surface area contributed by atoms with E-state index in [1.807, 2.05) is 0 Å². The number of fused-ring (bicyclic) bond motifs is 4. The molecule has 2 aromatic rings. The Labute approximate surface area is 132 Å². The zero-order valence-corrected chi connectivity index (χ0v) is 13.0. The first-order valence-corrected chi connectivity index (χ1v) is 8.45. The summed E-state index contributed by atoms with van der Waals surface area (Å²) in [7, 11) is 0. The average molecular weight is 289 g/mol. The van der Waals surface area contributed by atoms with Gasteiger partial charge in [0.05, 0.1) is 0 Å². The van der Waals surface area contributed by atoms with Gasteiger partial charge in [0.15, 0.2) is 0 Å². The van der Waals surface area contributed by atoms with Gasteiger partial charge in [-0.25, -0.2) is 0 Å². The molecule has 0 bridgehead atoms. The predicted octanol–water partition coefficient (Wildman–Crippen LogP) is 4.65. The summed E-state index contributed by atoms with van der Waals surface area (Å²) < 4.78 is 0. The van der Waals surface area contributed by atoms with E-state index in [1.165, 1.54) is 41.5 Å². The van der Waals surface area contributed by atoms with E-state index in [0.717, 1.165) is 25.3 Å². The van der Waals surface area contributed by atoms with Gasteiger partial charge in [-0.3, -0.25) is 0 Å². The predicted molar refractivity (Wildman–Crippen MR) is 93.5 cm³/mol. The van der Waals surface area contributed by atoms with Crippen LogP contribution in [0.25, 0.3) is 11.1 Å². The van der Waals surface area contributed by atoms with E-state index in [0.29, 0.717) is 0 Å². The Morgan fingerprint density at radius 2 is 1.50 bits per heavy atom. The number of allylic oxidation sites excluding steroid dienone is 2. The lowest BCUT2D eigenvalue weighted by molar-refractivity contribution is 0.464. The zero-order chi connectivity index (χ0) is 14.9. The van der Waals surface area contributed by atoms with Gasteiger partial charge in [-0.1, -0.05) is 48.5 Å². The molecule has 2 aliphatic carbocycles. The summed E-state index contributed by atoms with van der Waals surface area (Å²) in [6.07, 6.45) is 5.89. The van der Waals surface area contributed by atoms with Gasteiger partial charge in [-0.15, -0.1) is 0 Å². The van der Waals surface area contributed by atoms with Crippen molar-refractivity contribution in [3.63, 3.8) is 0 Å². The van der Waals surface area contributed by atoms with Gasteiger partial charge in [-0.05, 0) is 78.0 Å². The van der Waals surface area contributed by atoms with Crippen LogP contribution < -0.4 is 5.73 Å². The van der Waals surface area contributed by atoms with E-state index in [1.54, 1.807) is 11.1 Å². The molecule has 0 saturated heterocycles. The minimum atomic E-state index is 0.752. The third kappa shape index (κ3) is 2.30. The van der Waals surface area contributed by atoms with Gasteiger partial charge < -0.3 is 5.73 Å². The third-order valence-electron chi connectivity index (χ3n) is 5.30. The van der Waals surface area contributed by atoms with Crippen molar-refractivity contribution in [1.82, 2.24) is 0 Å². The van der Waals surface area contributed by atoms with Crippen LogP contribution >= 0.6 is 0 Å². The Bertz CT molecular complexity index is 726. The smallest absolute Gasteiger partial charge is 0.00137 e. The fourth-order valence-electron chi connectivity index (χ4n) is 4.21. The van der Waals surface area contributed by atoms with E-state index in [4.69, 9.17) is 5.73 Å². The number of hydrogen-bond acceptors (Lipinski definition) is 1. The monoisotopic (exact) mass is 289 g/mol. The lowest BCUT2D eigenvalue weighted by Crippen LogP contribution is -2.14. The molecular weight excluding hydrogens is 266 g/mol. The molecule has 0 heterocycles. The number of hydrogen-bond donors (Lipinski definition) is 1. The van der Waals surface area contributed by atoms with Crippen molar-refractivity contribution in [2.24, 2.45) is 11.7 Å². The second-order valence-electron chi connectivity index (χ2n) is 6.63. The summed E-state index contributed by atoms with van der Waals surface area (Å²) in [5.74, 6) is 0.752. The van der Waals surface area contributed by atoms with Crippen molar-refractivity contribution in [2.45, 2.75) is 32.1 Å². The fourth-order valence-corrected chi connectivity index (χ4v) is 4.21. The molecule has 1 atom stereocenters. The van der Waals surface area contributed by atoms with Crippen LogP contribution in [0.5, 0.6) is 0 Å². The number of benzene rings is 2. The highest BCUT2D eigenvalue weighted by atomic mass is 14.5.